The van der Waals surface area contributed by atoms with Gasteiger partial charge in [0.2, 0.25) is 0 Å². The van der Waals surface area contributed by atoms with Crippen molar-refractivity contribution in [3.8, 4) is 0 Å². The van der Waals surface area contributed by atoms with E-state index < -0.39 is 7.32 Å². The minimum atomic E-state index is -2.92. The predicted molar refractivity (Wildman–Crippen MR) is 209 cm³/mol. The summed E-state index contributed by atoms with van der Waals surface area (Å²) < 4.78 is 5.44. The largest absolute Gasteiger partial charge is 0.907 e. The number of nitrogens with zero attached hydrogens (tertiary/aromatic N) is 3. The Labute approximate surface area is 326 Å². The van der Waals surface area contributed by atoms with Crippen molar-refractivity contribution in [2.75, 3.05) is 0 Å². The number of hydrogen-bond donors (Lipinski definition) is 0. The third kappa shape index (κ3) is 16.8. The molecule has 0 saturated carbocycles. The van der Waals surface area contributed by atoms with Crippen LogP contribution in [0.5, 0.6) is 0 Å². The highest BCUT2D eigenvalue weighted by Gasteiger charge is 2.15. The molecule has 0 aliphatic rings. The zero-order valence-corrected chi connectivity index (χ0v) is 32.2. The molecule has 10 heteroatoms. The molecule has 7 aromatic rings. The lowest BCUT2D eigenvalue weighted by Gasteiger charge is -2.35. The molecule has 0 saturated heterocycles. The lowest BCUT2D eigenvalue weighted by molar-refractivity contribution is -0.480. The van der Waals surface area contributed by atoms with E-state index in [4.69, 9.17) is 15.1 Å². The van der Waals surface area contributed by atoms with E-state index in [9.17, 15) is 0 Å². The van der Waals surface area contributed by atoms with Gasteiger partial charge >= 0.3 is 48.4 Å². The quantitative estimate of drug-likeness (QED) is 0.158. The third-order valence-corrected chi connectivity index (χ3v) is 7.96. The van der Waals surface area contributed by atoms with Crippen molar-refractivity contribution in [3.05, 3.63) is 235 Å². The maximum atomic E-state index is 8.42. The Morgan fingerprint density at radius 1 is 0.314 bits per heavy atom. The van der Waals surface area contributed by atoms with Crippen molar-refractivity contribution in [1.82, 2.24) is 0 Å². The Morgan fingerprint density at radius 3 is 0.608 bits per heavy atom. The molecule has 0 aliphatic heterocycles. The fourth-order valence-corrected chi connectivity index (χ4v) is 5.28. The van der Waals surface area contributed by atoms with Crippen molar-refractivity contribution in [3.63, 3.8) is 0 Å². The average molecular weight is 868 g/mol. The third-order valence-electron chi connectivity index (χ3n) is 6.54. The van der Waals surface area contributed by atoms with E-state index in [0.29, 0.717) is 0 Å². The fourth-order valence-electron chi connectivity index (χ4n) is 4.46. The van der Waals surface area contributed by atoms with Gasteiger partial charge in [0.25, 0.3) is 0 Å². The molecule has 3 aromatic heterocycles. The molecule has 3 heterocycles. The number of rotatable bonds is 4. The van der Waals surface area contributed by atoms with E-state index in [1.807, 2.05) is 103 Å². The van der Waals surface area contributed by atoms with Crippen LogP contribution in [0, 0.1) is 0 Å². The van der Waals surface area contributed by atoms with Gasteiger partial charge in [0.05, 0.1) is 0 Å². The van der Waals surface area contributed by atoms with Gasteiger partial charge in [0.1, 0.15) is 0 Å². The molecule has 0 unspecified atom stereocenters. The number of halogens is 3. The molecule has 0 bridgehead atoms. The summed E-state index contributed by atoms with van der Waals surface area (Å²) in [6, 6.07) is 60.2. The van der Waals surface area contributed by atoms with Crippen LogP contribution in [0.1, 0.15) is 22.3 Å². The molecule has 0 aliphatic carbocycles. The molecule has 0 N–H and O–H groups in total. The normalized spacial score (nSPS) is 9.37. The van der Waals surface area contributed by atoms with Crippen molar-refractivity contribution in [2.24, 2.45) is 0 Å². The maximum absolute atomic E-state index is 8.42. The second kappa shape index (κ2) is 24.6. The van der Waals surface area contributed by atoms with E-state index in [1.165, 1.54) is 33.4 Å². The van der Waals surface area contributed by atoms with Crippen LogP contribution in [0.15, 0.2) is 213 Å². The first kappa shape index (κ1) is 40.9. The molecule has 6 nitrogen and oxygen atoms in total. The van der Waals surface area contributed by atoms with E-state index in [1.54, 1.807) is 0 Å². The summed E-state index contributed by atoms with van der Waals surface area (Å²) >= 11 is 9.68. The second-order valence-corrected chi connectivity index (χ2v) is 12.6. The summed E-state index contributed by atoms with van der Waals surface area (Å²) in [5.74, 6) is 0. The van der Waals surface area contributed by atoms with Crippen molar-refractivity contribution in [1.29, 1.82) is 0 Å². The Bertz CT molecular complexity index is 1670. The first-order valence-corrected chi connectivity index (χ1v) is 17.8. The fraction of sp³-hybridized carbons (Fsp3) is 0. The summed E-state index contributed by atoms with van der Waals surface area (Å²) in [4.78, 5) is 0. The van der Waals surface area contributed by atoms with Gasteiger partial charge in [-0.2, -0.15) is 0 Å². The number of hydrogen-bond acceptors (Lipinski definition) is 3. The van der Waals surface area contributed by atoms with Crippen LogP contribution >= 0.6 is 48.4 Å². The highest BCUT2D eigenvalue weighted by molar-refractivity contribution is 9.04. The van der Waals surface area contributed by atoms with Crippen LogP contribution in [0.3, 0.4) is 0 Å². The molecule has 0 spiro atoms. The average Bonchev–Trinajstić information content (AvgIpc) is 3.17. The van der Waals surface area contributed by atoms with Crippen LogP contribution < -0.4 is 25.9 Å². The first-order chi connectivity index (χ1) is 24.8. The van der Waals surface area contributed by atoms with Crippen LogP contribution in [-0.4, -0.2) is 7.32 Å². The molecule has 51 heavy (non-hydrogen) atoms. The molecule has 0 amide bonds. The minimum Gasteiger partial charge on any atom is -0.907 e. The Kier molecular flexibility index (Phi) is 19.7. The molecule has 4 aromatic carbocycles. The van der Waals surface area contributed by atoms with Gasteiger partial charge in [-0.05, 0) is 33.4 Å². The van der Waals surface area contributed by atoms with E-state index in [-0.39, 0.29) is 0 Å². The number of aromatic nitrogens is 3. The number of benzene rings is 4. The van der Waals surface area contributed by atoms with Gasteiger partial charge in [-0.15, -0.1) is 10.8 Å². The van der Waals surface area contributed by atoms with Crippen LogP contribution in [0.4, 0.5) is 0 Å². The van der Waals surface area contributed by atoms with E-state index in [0.717, 1.165) is 0 Å². The Hall–Kier alpha value is -4.55. The molecule has 256 valence electrons. The summed E-state index contributed by atoms with van der Waals surface area (Å²) in [5, 5.41) is 25.2. The first-order valence-electron chi connectivity index (χ1n) is 15.7. The zero-order chi connectivity index (χ0) is 36.5. The van der Waals surface area contributed by atoms with Crippen LogP contribution in [-0.2, 0) is 0 Å². The van der Waals surface area contributed by atoms with Crippen molar-refractivity contribution in [2.45, 2.75) is 0 Å². The molecule has 7 rings (SSSR count). The van der Waals surface area contributed by atoms with Gasteiger partial charge in [-0.25, -0.2) is 0 Å². The van der Waals surface area contributed by atoms with E-state index in [2.05, 4.69) is 170 Å². The maximum Gasteiger partial charge on any atom is 0.331 e. The standard InChI is InChI=1S/C26H20.3C5H5BrN.BO3/c1-5-13-21(14-6-1)25(22-15-7-2-8-16-22)26(23-17-9-3-10-18-23)24-19-11-4-12-20-24;3*6-7-4-2-1-3-5-7;2-1(3)4/h1-20H;3*1-5H;/q;3*+1;-3. The monoisotopic (exact) mass is 865 g/mol. The van der Waals surface area contributed by atoms with Crippen LogP contribution in [0.2, 0.25) is 0 Å². The second-order valence-electron chi connectivity index (χ2n) is 10.2. The van der Waals surface area contributed by atoms with Crippen LogP contribution in [0.25, 0.3) is 11.1 Å². The minimum absolute atomic E-state index is 1.22. The summed E-state index contributed by atoms with van der Waals surface area (Å²) in [5.41, 5.74) is 7.40. The SMILES string of the molecule is Br[n+]1ccccc1.Br[n+]1ccccc1.Br[n+]1ccccc1.[O-]B([O-])[O-].c1ccc(C(=C(c2ccccc2)c2ccccc2)c2ccccc2)cc1. The van der Waals surface area contributed by atoms with E-state index >= 15 is 0 Å². The molecular formula is C41H35BBr3N3O3. The Balaban J connectivity index is 0.000000225. The van der Waals surface area contributed by atoms with Gasteiger partial charge in [-0.3, -0.25) is 7.32 Å². The lowest BCUT2D eigenvalue weighted by Crippen LogP contribution is -2.56. The summed E-state index contributed by atoms with van der Waals surface area (Å²) in [6.07, 6.45) is 11.5. The molecular weight excluding hydrogens is 833 g/mol. The van der Waals surface area contributed by atoms with Crippen molar-refractivity contribution < 1.29 is 25.9 Å². The lowest BCUT2D eigenvalue weighted by atomic mass is 9.86. The van der Waals surface area contributed by atoms with Gasteiger partial charge in [0.15, 0.2) is 37.2 Å². The highest BCUT2D eigenvalue weighted by atomic mass is 79.9. The number of pyridine rings is 3. The summed E-state index contributed by atoms with van der Waals surface area (Å²) in [6.45, 7) is 0. The smallest absolute Gasteiger partial charge is 0.331 e. The predicted octanol–water partition coefficient (Wildman–Crippen LogP) is 6.14. The molecule has 0 atom stereocenters. The van der Waals surface area contributed by atoms with Gasteiger partial charge < -0.3 is 15.1 Å². The van der Waals surface area contributed by atoms with Crippen molar-refractivity contribution >= 4 is 66.9 Å². The topological polar surface area (TPSA) is 80.8 Å². The zero-order valence-electron chi connectivity index (χ0n) is 27.5. The Morgan fingerprint density at radius 2 is 0.471 bits per heavy atom. The molecule has 0 radical (unpaired) electrons. The molecule has 0 fully saturated rings. The highest BCUT2D eigenvalue weighted by Crippen LogP contribution is 2.36. The van der Waals surface area contributed by atoms with Gasteiger partial charge in [-0.1, -0.05) is 140 Å². The van der Waals surface area contributed by atoms with Gasteiger partial charge in [0, 0.05) is 36.4 Å². The summed E-state index contributed by atoms with van der Waals surface area (Å²) in [7, 11) is -2.92.